The van der Waals surface area contributed by atoms with Crippen molar-refractivity contribution in [2.45, 2.75) is 6.42 Å². The van der Waals surface area contributed by atoms with Crippen molar-refractivity contribution in [1.29, 1.82) is 0 Å². The number of carbonyl (C=O) groups excluding carboxylic acids is 1. The predicted molar refractivity (Wildman–Crippen MR) is 55.3 cm³/mol. The van der Waals surface area contributed by atoms with E-state index in [0.29, 0.717) is 6.42 Å². The maximum absolute atomic E-state index is 10.8. The number of hydrogen-bond acceptors (Lipinski definition) is 1. The van der Waals surface area contributed by atoms with E-state index >= 15 is 0 Å². The normalized spacial score (nSPS) is 10.2. The molecule has 0 aliphatic rings. The molecule has 0 unspecified atom stereocenters. The Morgan fingerprint density at radius 1 is 1.31 bits per heavy atom. The maximum Gasteiger partial charge on any atom is 0.158 e. The van der Waals surface area contributed by atoms with Gasteiger partial charge >= 0.3 is 0 Å². The maximum atomic E-state index is 10.8. The molecule has 1 nitrogen and oxygen atoms in total. The molecule has 0 radical (unpaired) electrons. The van der Waals surface area contributed by atoms with Crippen molar-refractivity contribution < 1.29 is 4.79 Å². The zero-order valence-corrected chi connectivity index (χ0v) is 7.44. The van der Waals surface area contributed by atoms with Crippen LogP contribution in [0.4, 0.5) is 0 Å². The Kier molecular flexibility index (Phi) is 3.71. The van der Waals surface area contributed by atoms with E-state index in [1.165, 1.54) is 6.08 Å². The molecule has 0 aliphatic carbocycles. The molecular weight excluding hydrogens is 160 g/mol. The van der Waals surface area contributed by atoms with Crippen molar-refractivity contribution >= 4 is 11.9 Å². The van der Waals surface area contributed by atoms with Crippen LogP contribution in [0, 0.1) is 0 Å². The molecule has 0 amide bonds. The van der Waals surface area contributed by atoms with Crippen LogP contribution < -0.4 is 0 Å². The Bertz CT molecular complexity index is 309. The largest absolute Gasteiger partial charge is 0.295 e. The third-order valence-electron chi connectivity index (χ3n) is 1.66. The molecule has 66 valence electrons. The zero-order chi connectivity index (χ0) is 9.52. The molecule has 0 atom stereocenters. The Hall–Kier alpha value is -1.63. The van der Waals surface area contributed by atoms with Crippen LogP contribution in [0.2, 0.25) is 0 Å². The molecule has 1 rings (SSSR count). The minimum absolute atomic E-state index is 0.0483. The summed E-state index contributed by atoms with van der Waals surface area (Å²) in [6, 6.07) is 9.89. The highest BCUT2D eigenvalue weighted by molar-refractivity contribution is 5.90. The fraction of sp³-hybridized carbons (Fsp3) is 0.0833. The van der Waals surface area contributed by atoms with Crippen molar-refractivity contribution in [3.63, 3.8) is 0 Å². The molecule has 0 N–H and O–H groups in total. The van der Waals surface area contributed by atoms with E-state index in [1.54, 1.807) is 0 Å². The highest BCUT2D eigenvalue weighted by Crippen LogP contribution is 2.01. The summed E-state index contributed by atoms with van der Waals surface area (Å²) in [6.07, 6.45) is 5.55. The van der Waals surface area contributed by atoms with Gasteiger partial charge < -0.3 is 0 Å². The van der Waals surface area contributed by atoms with Crippen molar-refractivity contribution in [3.8, 4) is 0 Å². The SMILES string of the molecule is C=CC(=O)CC=Cc1ccccc1. The zero-order valence-electron chi connectivity index (χ0n) is 7.44. The van der Waals surface area contributed by atoms with E-state index in [-0.39, 0.29) is 5.78 Å². The predicted octanol–water partition coefficient (Wildman–Crippen LogP) is 2.85. The number of allylic oxidation sites excluding steroid dienone is 2. The van der Waals surface area contributed by atoms with Crippen molar-refractivity contribution in [1.82, 2.24) is 0 Å². The number of carbonyl (C=O) groups is 1. The van der Waals surface area contributed by atoms with Crippen molar-refractivity contribution in [2.75, 3.05) is 0 Å². The van der Waals surface area contributed by atoms with Crippen LogP contribution in [0.5, 0.6) is 0 Å². The fourth-order valence-corrected chi connectivity index (χ4v) is 0.959. The number of benzene rings is 1. The molecular formula is C12H12O. The highest BCUT2D eigenvalue weighted by atomic mass is 16.1. The summed E-state index contributed by atoms with van der Waals surface area (Å²) in [5.74, 6) is 0.0483. The summed E-state index contributed by atoms with van der Waals surface area (Å²) in [7, 11) is 0. The van der Waals surface area contributed by atoms with Crippen LogP contribution in [-0.2, 0) is 4.79 Å². The van der Waals surface area contributed by atoms with Gasteiger partial charge in [-0.25, -0.2) is 0 Å². The van der Waals surface area contributed by atoms with Gasteiger partial charge in [0.25, 0.3) is 0 Å². The van der Waals surface area contributed by atoms with Crippen molar-refractivity contribution in [2.24, 2.45) is 0 Å². The minimum atomic E-state index is 0.0483. The number of ketones is 1. The average molecular weight is 172 g/mol. The molecule has 0 saturated heterocycles. The molecule has 0 spiro atoms. The first-order valence-electron chi connectivity index (χ1n) is 4.20. The lowest BCUT2D eigenvalue weighted by molar-refractivity contribution is -0.113. The topological polar surface area (TPSA) is 17.1 Å². The standard InChI is InChI=1S/C12H12O/c1-2-12(13)10-6-9-11-7-4-3-5-8-11/h2-9H,1,10H2. The molecule has 1 aromatic carbocycles. The Labute approximate surface area is 78.4 Å². The lowest BCUT2D eigenvalue weighted by atomic mass is 10.2. The first-order chi connectivity index (χ1) is 6.33. The summed E-state index contributed by atoms with van der Waals surface area (Å²) in [4.78, 5) is 10.8. The molecule has 0 aromatic heterocycles. The third-order valence-corrected chi connectivity index (χ3v) is 1.66. The lowest BCUT2D eigenvalue weighted by Gasteiger charge is -1.90. The van der Waals surface area contributed by atoms with Gasteiger partial charge in [-0.2, -0.15) is 0 Å². The lowest BCUT2D eigenvalue weighted by Crippen LogP contribution is -1.86. The van der Waals surface area contributed by atoms with E-state index in [2.05, 4.69) is 6.58 Å². The van der Waals surface area contributed by atoms with Gasteiger partial charge in [-0.3, -0.25) is 4.79 Å². The monoisotopic (exact) mass is 172 g/mol. The first kappa shape index (κ1) is 9.46. The van der Waals surface area contributed by atoms with Crippen molar-refractivity contribution in [3.05, 3.63) is 54.6 Å². The molecule has 13 heavy (non-hydrogen) atoms. The molecule has 0 heterocycles. The van der Waals surface area contributed by atoms with Crippen LogP contribution in [0.3, 0.4) is 0 Å². The summed E-state index contributed by atoms with van der Waals surface area (Å²) in [6.45, 7) is 3.40. The second kappa shape index (κ2) is 5.09. The van der Waals surface area contributed by atoms with Gasteiger partial charge in [0.05, 0.1) is 0 Å². The first-order valence-corrected chi connectivity index (χ1v) is 4.20. The number of rotatable bonds is 4. The van der Waals surface area contributed by atoms with E-state index in [9.17, 15) is 4.79 Å². The van der Waals surface area contributed by atoms with Crippen LogP contribution >= 0.6 is 0 Å². The molecule has 1 heteroatoms. The van der Waals surface area contributed by atoms with Gasteiger partial charge in [-0.15, -0.1) is 0 Å². The Morgan fingerprint density at radius 2 is 2.00 bits per heavy atom. The summed E-state index contributed by atoms with van der Waals surface area (Å²) in [5.41, 5.74) is 1.11. The third kappa shape index (κ3) is 3.52. The van der Waals surface area contributed by atoms with Crippen LogP contribution in [0.1, 0.15) is 12.0 Å². The smallest absolute Gasteiger partial charge is 0.158 e. The highest BCUT2D eigenvalue weighted by Gasteiger charge is 1.89. The molecule has 0 fully saturated rings. The molecule has 0 bridgehead atoms. The summed E-state index contributed by atoms with van der Waals surface area (Å²) in [5, 5.41) is 0. The van der Waals surface area contributed by atoms with Crippen LogP contribution in [0.15, 0.2) is 49.1 Å². The molecule has 0 aliphatic heterocycles. The van der Waals surface area contributed by atoms with Gasteiger partial charge in [0.2, 0.25) is 0 Å². The van der Waals surface area contributed by atoms with E-state index in [4.69, 9.17) is 0 Å². The van der Waals surface area contributed by atoms with Gasteiger partial charge in [-0.05, 0) is 11.6 Å². The Balaban J connectivity index is 2.50. The second-order valence-electron chi connectivity index (χ2n) is 2.69. The van der Waals surface area contributed by atoms with Gasteiger partial charge in [-0.1, -0.05) is 49.1 Å². The van der Waals surface area contributed by atoms with Gasteiger partial charge in [0.15, 0.2) is 5.78 Å². The van der Waals surface area contributed by atoms with Gasteiger partial charge in [0, 0.05) is 6.42 Å². The second-order valence-corrected chi connectivity index (χ2v) is 2.69. The fourth-order valence-electron chi connectivity index (χ4n) is 0.959. The number of hydrogen-bond donors (Lipinski definition) is 0. The molecule has 1 aromatic rings. The molecule has 0 saturated carbocycles. The van der Waals surface area contributed by atoms with E-state index in [0.717, 1.165) is 5.56 Å². The van der Waals surface area contributed by atoms with E-state index in [1.807, 2.05) is 42.5 Å². The van der Waals surface area contributed by atoms with E-state index < -0.39 is 0 Å². The van der Waals surface area contributed by atoms with Crippen LogP contribution in [0.25, 0.3) is 6.08 Å². The minimum Gasteiger partial charge on any atom is -0.295 e. The van der Waals surface area contributed by atoms with Crippen LogP contribution in [-0.4, -0.2) is 5.78 Å². The Morgan fingerprint density at radius 3 is 2.62 bits per heavy atom. The summed E-state index contributed by atoms with van der Waals surface area (Å²) >= 11 is 0. The summed E-state index contributed by atoms with van der Waals surface area (Å²) < 4.78 is 0. The quantitative estimate of drug-likeness (QED) is 0.638. The average Bonchev–Trinajstić information content (AvgIpc) is 2.19. The van der Waals surface area contributed by atoms with Gasteiger partial charge in [0.1, 0.15) is 0 Å².